The Kier molecular flexibility index (Phi) is 4.27. The summed E-state index contributed by atoms with van der Waals surface area (Å²) in [4.78, 5) is 29.6. The molecule has 22 heavy (non-hydrogen) atoms. The second kappa shape index (κ2) is 6.34. The van der Waals surface area contributed by atoms with Gasteiger partial charge in [0.2, 0.25) is 0 Å². The van der Waals surface area contributed by atoms with Crippen LogP contribution in [-0.2, 0) is 4.79 Å². The summed E-state index contributed by atoms with van der Waals surface area (Å²) in [6, 6.07) is 3.79. The number of rotatable bonds is 3. The molecular formula is C16H21N3O3. The molecule has 1 aromatic rings. The number of nitrogens with zero attached hydrogens (tertiary/aromatic N) is 2. The van der Waals surface area contributed by atoms with Crippen molar-refractivity contribution >= 4 is 12.0 Å². The SMILES string of the molecule is O=C(O)[C@@H]1CN(C(=O)NC2CCCC2)C[C@H]1c1cccnc1. The van der Waals surface area contributed by atoms with Gasteiger partial charge < -0.3 is 15.3 Å². The van der Waals surface area contributed by atoms with Crippen LogP contribution in [0.25, 0.3) is 0 Å². The fraction of sp³-hybridized carbons (Fsp3) is 0.562. The van der Waals surface area contributed by atoms with E-state index >= 15 is 0 Å². The average Bonchev–Trinajstić information content (AvgIpc) is 3.17. The number of hydrogen-bond donors (Lipinski definition) is 2. The Morgan fingerprint density at radius 1 is 1.27 bits per heavy atom. The van der Waals surface area contributed by atoms with Gasteiger partial charge in [-0.05, 0) is 24.5 Å². The van der Waals surface area contributed by atoms with E-state index in [9.17, 15) is 14.7 Å². The summed E-state index contributed by atoms with van der Waals surface area (Å²) in [5, 5.41) is 12.5. The Labute approximate surface area is 129 Å². The second-order valence-electron chi connectivity index (χ2n) is 6.17. The zero-order valence-corrected chi connectivity index (χ0v) is 12.4. The number of likely N-dealkylation sites (tertiary alicyclic amines) is 1. The molecule has 0 aromatic carbocycles. The quantitative estimate of drug-likeness (QED) is 0.892. The molecule has 1 saturated carbocycles. The number of urea groups is 1. The summed E-state index contributed by atoms with van der Waals surface area (Å²) in [7, 11) is 0. The van der Waals surface area contributed by atoms with Crippen LogP contribution < -0.4 is 5.32 Å². The topological polar surface area (TPSA) is 82.5 Å². The van der Waals surface area contributed by atoms with Gasteiger partial charge in [-0.25, -0.2) is 4.79 Å². The first-order chi connectivity index (χ1) is 10.6. The first-order valence-corrected chi connectivity index (χ1v) is 7.83. The maximum absolute atomic E-state index is 12.4. The Balaban J connectivity index is 1.70. The molecule has 1 aromatic heterocycles. The largest absolute Gasteiger partial charge is 0.481 e. The predicted octanol–water partition coefficient (Wildman–Crippen LogP) is 1.83. The normalized spacial score (nSPS) is 25.4. The van der Waals surface area contributed by atoms with Gasteiger partial charge in [-0.15, -0.1) is 0 Å². The highest BCUT2D eigenvalue weighted by Crippen LogP contribution is 2.32. The molecule has 6 nitrogen and oxygen atoms in total. The number of pyridine rings is 1. The van der Waals surface area contributed by atoms with Crippen molar-refractivity contribution in [2.75, 3.05) is 13.1 Å². The first kappa shape index (κ1) is 14.8. The summed E-state index contributed by atoms with van der Waals surface area (Å²) in [6.07, 6.45) is 7.71. The first-order valence-electron chi connectivity index (χ1n) is 7.83. The van der Waals surface area contributed by atoms with Crippen LogP contribution in [0.15, 0.2) is 24.5 Å². The van der Waals surface area contributed by atoms with Crippen LogP contribution in [0.4, 0.5) is 4.79 Å². The van der Waals surface area contributed by atoms with Crippen LogP contribution in [0.1, 0.15) is 37.2 Å². The molecule has 118 valence electrons. The van der Waals surface area contributed by atoms with Gasteiger partial charge in [0.05, 0.1) is 5.92 Å². The smallest absolute Gasteiger partial charge is 0.317 e. The van der Waals surface area contributed by atoms with E-state index in [1.54, 1.807) is 23.4 Å². The Morgan fingerprint density at radius 2 is 2.05 bits per heavy atom. The van der Waals surface area contributed by atoms with Crippen molar-refractivity contribution in [1.29, 1.82) is 0 Å². The molecule has 3 rings (SSSR count). The van der Waals surface area contributed by atoms with Crippen molar-refractivity contribution in [2.24, 2.45) is 5.92 Å². The molecule has 2 heterocycles. The van der Waals surface area contributed by atoms with Gasteiger partial charge in [0.15, 0.2) is 0 Å². The lowest BCUT2D eigenvalue weighted by atomic mass is 9.90. The van der Waals surface area contributed by atoms with Gasteiger partial charge in [0.1, 0.15) is 0 Å². The van der Waals surface area contributed by atoms with E-state index in [-0.39, 0.29) is 24.5 Å². The van der Waals surface area contributed by atoms with Gasteiger partial charge in [0.25, 0.3) is 0 Å². The van der Waals surface area contributed by atoms with E-state index in [1.165, 1.54) is 0 Å². The minimum atomic E-state index is -0.856. The molecule has 1 aliphatic carbocycles. The molecule has 2 fully saturated rings. The number of carboxylic acid groups (broad SMARTS) is 1. The molecule has 1 saturated heterocycles. The maximum atomic E-state index is 12.4. The van der Waals surface area contributed by atoms with Gasteiger partial charge >= 0.3 is 12.0 Å². The van der Waals surface area contributed by atoms with Crippen LogP contribution in [0, 0.1) is 5.92 Å². The van der Waals surface area contributed by atoms with E-state index < -0.39 is 11.9 Å². The summed E-state index contributed by atoms with van der Waals surface area (Å²) in [5.41, 5.74) is 0.881. The number of nitrogens with one attached hydrogen (secondary N) is 1. The number of aliphatic carboxylic acids is 1. The van der Waals surface area contributed by atoms with Crippen molar-refractivity contribution in [3.05, 3.63) is 30.1 Å². The maximum Gasteiger partial charge on any atom is 0.317 e. The zero-order valence-electron chi connectivity index (χ0n) is 12.4. The van der Waals surface area contributed by atoms with Crippen molar-refractivity contribution in [1.82, 2.24) is 15.2 Å². The fourth-order valence-corrected chi connectivity index (χ4v) is 3.49. The molecule has 2 amide bonds. The molecule has 2 aliphatic rings. The van der Waals surface area contributed by atoms with Crippen LogP contribution in [-0.4, -0.2) is 46.1 Å². The fourth-order valence-electron chi connectivity index (χ4n) is 3.49. The van der Waals surface area contributed by atoms with Crippen LogP contribution in [0.3, 0.4) is 0 Å². The lowest BCUT2D eigenvalue weighted by Crippen LogP contribution is -2.43. The Bertz CT molecular complexity index is 543. The molecule has 0 bridgehead atoms. The molecule has 6 heteroatoms. The number of hydrogen-bond acceptors (Lipinski definition) is 3. The van der Waals surface area contributed by atoms with E-state index in [0.717, 1.165) is 31.2 Å². The third-order valence-corrected chi connectivity index (χ3v) is 4.72. The number of aromatic nitrogens is 1. The molecular weight excluding hydrogens is 282 g/mol. The zero-order chi connectivity index (χ0) is 15.5. The van der Waals surface area contributed by atoms with Crippen molar-refractivity contribution in [3.63, 3.8) is 0 Å². The third kappa shape index (κ3) is 3.05. The van der Waals surface area contributed by atoms with Crippen molar-refractivity contribution in [2.45, 2.75) is 37.6 Å². The minimum absolute atomic E-state index is 0.135. The van der Waals surface area contributed by atoms with E-state index in [4.69, 9.17) is 0 Å². The van der Waals surface area contributed by atoms with E-state index in [1.807, 2.05) is 6.07 Å². The highest BCUT2D eigenvalue weighted by Gasteiger charge is 2.41. The van der Waals surface area contributed by atoms with Crippen LogP contribution in [0.2, 0.25) is 0 Å². The van der Waals surface area contributed by atoms with Crippen LogP contribution >= 0.6 is 0 Å². The molecule has 0 radical (unpaired) electrons. The number of amides is 2. The second-order valence-corrected chi connectivity index (χ2v) is 6.17. The lowest BCUT2D eigenvalue weighted by Gasteiger charge is -2.20. The average molecular weight is 303 g/mol. The highest BCUT2D eigenvalue weighted by atomic mass is 16.4. The van der Waals surface area contributed by atoms with E-state index in [0.29, 0.717) is 6.54 Å². The molecule has 2 N–H and O–H groups in total. The number of carbonyl (C=O) groups is 2. The molecule has 2 atom stereocenters. The standard InChI is InChI=1S/C16H21N3O3/c20-15(21)14-10-19(16(22)18-12-5-1-2-6-12)9-13(14)11-4-3-7-17-8-11/h3-4,7-8,12-14H,1-2,5-6,9-10H2,(H,18,22)(H,20,21)/t13-,14+/m0/s1. The monoisotopic (exact) mass is 303 g/mol. The van der Waals surface area contributed by atoms with Gasteiger partial charge in [0, 0.05) is 37.4 Å². The summed E-state index contributed by atoms with van der Waals surface area (Å²) in [6.45, 7) is 0.689. The van der Waals surface area contributed by atoms with Gasteiger partial charge in [-0.2, -0.15) is 0 Å². The van der Waals surface area contributed by atoms with Crippen LogP contribution in [0.5, 0.6) is 0 Å². The van der Waals surface area contributed by atoms with Crippen molar-refractivity contribution < 1.29 is 14.7 Å². The Hall–Kier alpha value is -2.11. The Morgan fingerprint density at radius 3 is 2.68 bits per heavy atom. The number of carboxylic acids is 1. The third-order valence-electron chi connectivity index (χ3n) is 4.72. The molecule has 0 spiro atoms. The van der Waals surface area contributed by atoms with E-state index in [2.05, 4.69) is 10.3 Å². The lowest BCUT2D eigenvalue weighted by molar-refractivity contribution is -0.141. The summed E-state index contributed by atoms with van der Waals surface area (Å²) >= 11 is 0. The summed E-state index contributed by atoms with van der Waals surface area (Å²) in [5.74, 6) is -1.62. The predicted molar refractivity (Wildman–Crippen MR) is 80.5 cm³/mol. The van der Waals surface area contributed by atoms with Gasteiger partial charge in [-0.3, -0.25) is 9.78 Å². The molecule has 0 unspecified atom stereocenters. The minimum Gasteiger partial charge on any atom is -0.481 e. The molecule has 1 aliphatic heterocycles. The number of carbonyl (C=O) groups excluding carboxylic acids is 1. The van der Waals surface area contributed by atoms with Crippen molar-refractivity contribution in [3.8, 4) is 0 Å². The highest BCUT2D eigenvalue weighted by molar-refractivity contribution is 5.78. The summed E-state index contributed by atoms with van der Waals surface area (Å²) < 4.78 is 0. The van der Waals surface area contributed by atoms with Gasteiger partial charge in [-0.1, -0.05) is 18.9 Å².